The highest BCUT2D eigenvalue weighted by Crippen LogP contribution is 2.26. The van der Waals surface area contributed by atoms with Crippen LogP contribution in [0.1, 0.15) is 26.7 Å². The van der Waals surface area contributed by atoms with Crippen molar-refractivity contribution in [3.63, 3.8) is 0 Å². The van der Waals surface area contributed by atoms with Gasteiger partial charge >= 0.3 is 12.0 Å². The summed E-state index contributed by atoms with van der Waals surface area (Å²) in [5.74, 6) is -0.633. The summed E-state index contributed by atoms with van der Waals surface area (Å²) in [5, 5.41) is 9.10. The third kappa shape index (κ3) is 3.54. The third-order valence-corrected chi connectivity index (χ3v) is 3.91. The Labute approximate surface area is 125 Å². The molecule has 0 radical (unpaired) electrons. The van der Waals surface area contributed by atoms with Crippen LogP contribution in [0.15, 0.2) is 30.3 Å². The zero-order chi connectivity index (χ0) is 15.4. The Morgan fingerprint density at radius 2 is 2.00 bits per heavy atom. The second kappa shape index (κ2) is 6.61. The summed E-state index contributed by atoms with van der Waals surface area (Å²) in [5.41, 5.74) is 0.624. The van der Waals surface area contributed by atoms with Gasteiger partial charge in [0.15, 0.2) is 0 Å². The van der Waals surface area contributed by atoms with Crippen LogP contribution in [0.3, 0.4) is 0 Å². The maximum Gasteiger partial charge on any atom is 0.325 e. The molecule has 1 aliphatic heterocycles. The highest BCUT2D eigenvalue weighted by molar-refractivity contribution is 5.96. The lowest BCUT2D eigenvalue weighted by atomic mass is 10.0. The number of carboxylic acid groups (broad SMARTS) is 1. The molecule has 114 valence electrons. The van der Waals surface area contributed by atoms with Crippen LogP contribution in [0, 0.1) is 5.92 Å². The van der Waals surface area contributed by atoms with Crippen molar-refractivity contribution in [3.05, 3.63) is 30.3 Å². The first-order valence-corrected chi connectivity index (χ1v) is 7.35. The summed E-state index contributed by atoms with van der Waals surface area (Å²) < 4.78 is 0. The number of aliphatic carboxylic acids is 1. The average Bonchev–Trinajstić information content (AvgIpc) is 2.94. The van der Waals surface area contributed by atoms with E-state index in [4.69, 9.17) is 5.11 Å². The van der Waals surface area contributed by atoms with Crippen molar-refractivity contribution >= 4 is 17.7 Å². The molecule has 0 aliphatic carbocycles. The minimum atomic E-state index is -1.01. The van der Waals surface area contributed by atoms with Crippen LogP contribution in [0.2, 0.25) is 0 Å². The summed E-state index contributed by atoms with van der Waals surface area (Å²) >= 11 is 0. The fourth-order valence-corrected chi connectivity index (χ4v) is 2.89. The zero-order valence-corrected chi connectivity index (χ0v) is 12.5. The summed E-state index contributed by atoms with van der Waals surface area (Å²) in [6.45, 7) is 4.58. The molecule has 2 rings (SSSR count). The normalized spacial score (nSPS) is 18.0. The van der Waals surface area contributed by atoms with Gasteiger partial charge < -0.3 is 10.0 Å². The molecule has 1 aromatic rings. The Bertz CT molecular complexity index is 502. The number of nitrogens with zero attached hydrogens (tertiary/aromatic N) is 2. The lowest BCUT2D eigenvalue weighted by Crippen LogP contribution is -2.48. The number of urea groups is 1. The summed E-state index contributed by atoms with van der Waals surface area (Å²) in [4.78, 5) is 27.1. The first-order valence-electron chi connectivity index (χ1n) is 7.35. The van der Waals surface area contributed by atoms with E-state index in [9.17, 15) is 9.59 Å². The highest BCUT2D eigenvalue weighted by Gasteiger charge is 2.34. The van der Waals surface area contributed by atoms with Gasteiger partial charge in [-0.05, 0) is 30.9 Å². The molecule has 5 heteroatoms. The molecule has 21 heavy (non-hydrogen) atoms. The second-order valence-corrected chi connectivity index (χ2v) is 5.74. The third-order valence-electron chi connectivity index (χ3n) is 3.91. The first kappa shape index (κ1) is 15.4. The van der Waals surface area contributed by atoms with Gasteiger partial charge in [-0.2, -0.15) is 0 Å². The van der Waals surface area contributed by atoms with Gasteiger partial charge in [0.1, 0.15) is 6.54 Å². The topological polar surface area (TPSA) is 60.9 Å². The van der Waals surface area contributed by atoms with Gasteiger partial charge in [-0.25, -0.2) is 4.79 Å². The van der Waals surface area contributed by atoms with Crippen LogP contribution in [-0.4, -0.2) is 41.1 Å². The predicted octanol–water partition coefficient (Wildman–Crippen LogP) is 2.82. The van der Waals surface area contributed by atoms with Gasteiger partial charge in [0.25, 0.3) is 0 Å². The molecule has 0 bridgehead atoms. The average molecular weight is 290 g/mol. The van der Waals surface area contributed by atoms with Crippen molar-refractivity contribution in [2.45, 2.75) is 32.7 Å². The van der Waals surface area contributed by atoms with E-state index in [1.54, 1.807) is 24.3 Å². The maximum atomic E-state index is 12.8. The van der Waals surface area contributed by atoms with E-state index in [1.807, 2.05) is 11.0 Å². The maximum absolute atomic E-state index is 12.8. The molecule has 1 atom stereocenters. The van der Waals surface area contributed by atoms with Crippen LogP contribution in [0.4, 0.5) is 10.5 Å². The molecule has 1 fully saturated rings. The number of anilines is 1. The number of amides is 2. The zero-order valence-electron chi connectivity index (χ0n) is 12.5. The number of hydrogen-bond donors (Lipinski definition) is 1. The van der Waals surface area contributed by atoms with Crippen molar-refractivity contribution in [1.29, 1.82) is 0 Å². The van der Waals surface area contributed by atoms with Gasteiger partial charge in [0, 0.05) is 18.3 Å². The Morgan fingerprint density at radius 3 is 2.57 bits per heavy atom. The van der Waals surface area contributed by atoms with Crippen molar-refractivity contribution < 1.29 is 14.7 Å². The van der Waals surface area contributed by atoms with Crippen LogP contribution in [0.5, 0.6) is 0 Å². The Morgan fingerprint density at radius 1 is 1.33 bits per heavy atom. The molecule has 2 amide bonds. The quantitative estimate of drug-likeness (QED) is 0.927. The predicted molar refractivity (Wildman–Crippen MR) is 81.4 cm³/mol. The lowest BCUT2D eigenvalue weighted by Gasteiger charge is -2.32. The highest BCUT2D eigenvalue weighted by atomic mass is 16.4. The van der Waals surface area contributed by atoms with Gasteiger partial charge in [0.2, 0.25) is 0 Å². The SMILES string of the molecule is CC(C)C1CCCN1C(=O)N(CC(=O)O)c1ccccc1. The van der Waals surface area contributed by atoms with E-state index >= 15 is 0 Å². The van der Waals surface area contributed by atoms with Crippen molar-refractivity contribution in [2.75, 3.05) is 18.0 Å². The van der Waals surface area contributed by atoms with Gasteiger partial charge in [-0.15, -0.1) is 0 Å². The molecule has 1 unspecified atom stereocenters. The van der Waals surface area contributed by atoms with Crippen LogP contribution in [-0.2, 0) is 4.79 Å². The summed E-state index contributed by atoms with van der Waals surface area (Å²) in [6.07, 6.45) is 1.96. The van der Waals surface area contributed by atoms with Crippen LogP contribution >= 0.6 is 0 Å². The van der Waals surface area contributed by atoms with Gasteiger partial charge in [0.05, 0.1) is 0 Å². The lowest BCUT2D eigenvalue weighted by molar-refractivity contribution is -0.135. The molecular weight excluding hydrogens is 268 g/mol. The molecule has 0 aromatic heterocycles. The molecule has 1 N–H and O–H groups in total. The first-order chi connectivity index (χ1) is 10.0. The number of para-hydroxylation sites is 1. The number of carboxylic acids is 1. The number of carbonyl (C=O) groups is 2. The Kier molecular flexibility index (Phi) is 4.83. The molecule has 5 nitrogen and oxygen atoms in total. The second-order valence-electron chi connectivity index (χ2n) is 5.74. The molecule has 1 aromatic carbocycles. The molecular formula is C16H22N2O3. The molecule has 1 heterocycles. The summed E-state index contributed by atoms with van der Waals surface area (Å²) in [6, 6.07) is 8.97. The van der Waals surface area contributed by atoms with Crippen molar-refractivity contribution in [3.8, 4) is 0 Å². The van der Waals surface area contributed by atoms with Crippen molar-refractivity contribution in [2.24, 2.45) is 5.92 Å². The molecule has 1 saturated heterocycles. The van der Waals surface area contributed by atoms with E-state index in [1.165, 1.54) is 4.90 Å². The van der Waals surface area contributed by atoms with Crippen molar-refractivity contribution in [1.82, 2.24) is 4.90 Å². The standard InChI is InChI=1S/C16H22N2O3/c1-12(2)14-9-6-10-17(14)16(21)18(11-15(19)20)13-7-4-3-5-8-13/h3-5,7-8,12,14H,6,9-11H2,1-2H3,(H,19,20). The number of hydrogen-bond acceptors (Lipinski definition) is 2. The number of benzene rings is 1. The van der Waals surface area contributed by atoms with Crippen LogP contribution < -0.4 is 4.90 Å². The van der Waals surface area contributed by atoms with Gasteiger partial charge in [-0.1, -0.05) is 32.0 Å². The molecule has 0 saturated carbocycles. The van der Waals surface area contributed by atoms with E-state index in [0.29, 0.717) is 18.2 Å². The van der Waals surface area contributed by atoms with E-state index in [-0.39, 0.29) is 18.6 Å². The van der Waals surface area contributed by atoms with Gasteiger partial charge in [-0.3, -0.25) is 9.69 Å². The molecule has 0 spiro atoms. The molecule has 1 aliphatic rings. The van der Waals surface area contributed by atoms with E-state index in [2.05, 4.69) is 13.8 Å². The summed E-state index contributed by atoms with van der Waals surface area (Å²) in [7, 11) is 0. The largest absolute Gasteiger partial charge is 0.480 e. The Balaban J connectivity index is 2.24. The fourth-order valence-electron chi connectivity index (χ4n) is 2.89. The minimum absolute atomic E-state index is 0.192. The fraction of sp³-hybridized carbons (Fsp3) is 0.500. The number of rotatable bonds is 4. The Hall–Kier alpha value is -2.04. The van der Waals surface area contributed by atoms with E-state index in [0.717, 1.165) is 12.8 Å². The smallest absolute Gasteiger partial charge is 0.325 e. The number of likely N-dealkylation sites (tertiary alicyclic amines) is 1. The number of carbonyl (C=O) groups excluding carboxylic acids is 1. The van der Waals surface area contributed by atoms with Crippen LogP contribution in [0.25, 0.3) is 0 Å². The monoisotopic (exact) mass is 290 g/mol. The minimum Gasteiger partial charge on any atom is -0.480 e. The van der Waals surface area contributed by atoms with E-state index < -0.39 is 5.97 Å².